The SMILES string of the molecule is CCNC1CC1(C)CC[C@@H](N)c1ccc(C(=O)OCC)cc1. The smallest absolute Gasteiger partial charge is 0.338 e. The minimum absolute atomic E-state index is 0.0240. The molecule has 0 spiro atoms. The van der Waals surface area contributed by atoms with Crippen molar-refractivity contribution in [2.75, 3.05) is 13.2 Å². The molecular weight excluding hydrogens is 276 g/mol. The molecule has 0 aliphatic heterocycles. The number of benzene rings is 1. The van der Waals surface area contributed by atoms with Crippen LogP contribution in [0.1, 0.15) is 62.0 Å². The van der Waals surface area contributed by atoms with Gasteiger partial charge in [-0.05, 0) is 55.8 Å². The molecule has 0 bridgehead atoms. The topological polar surface area (TPSA) is 64.3 Å². The molecule has 2 unspecified atom stereocenters. The van der Waals surface area contributed by atoms with Gasteiger partial charge < -0.3 is 15.8 Å². The molecule has 4 nitrogen and oxygen atoms in total. The largest absolute Gasteiger partial charge is 0.462 e. The minimum Gasteiger partial charge on any atom is -0.462 e. The molecule has 0 amide bonds. The molecule has 1 aromatic carbocycles. The van der Waals surface area contributed by atoms with Gasteiger partial charge in [0.05, 0.1) is 12.2 Å². The molecule has 1 aliphatic carbocycles. The fourth-order valence-electron chi connectivity index (χ4n) is 2.98. The van der Waals surface area contributed by atoms with E-state index in [9.17, 15) is 4.79 Å². The summed E-state index contributed by atoms with van der Waals surface area (Å²) in [6.07, 6.45) is 3.35. The second-order valence-electron chi connectivity index (χ2n) is 6.46. The fourth-order valence-corrected chi connectivity index (χ4v) is 2.98. The second-order valence-corrected chi connectivity index (χ2v) is 6.46. The quantitative estimate of drug-likeness (QED) is 0.725. The van der Waals surface area contributed by atoms with Gasteiger partial charge >= 0.3 is 5.97 Å². The lowest BCUT2D eigenvalue weighted by Gasteiger charge is -2.17. The fraction of sp³-hybridized carbons (Fsp3) is 0.611. The van der Waals surface area contributed by atoms with E-state index in [2.05, 4.69) is 19.2 Å². The van der Waals surface area contributed by atoms with Crippen LogP contribution in [0, 0.1) is 5.41 Å². The highest BCUT2D eigenvalue weighted by atomic mass is 16.5. The zero-order valence-corrected chi connectivity index (χ0v) is 13.9. The van der Waals surface area contributed by atoms with Gasteiger partial charge in [0, 0.05) is 12.1 Å². The molecule has 1 fully saturated rings. The van der Waals surface area contributed by atoms with E-state index < -0.39 is 0 Å². The van der Waals surface area contributed by atoms with E-state index in [0.717, 1.165) is 24.9 Å². The van der Waals surface area contributed by atoms with Crippen LogP contribution >= 0.6 is 0 Å². The van der Waals surface area contributed by atoms with Crippen molar-refractivity contribution >= 4 is 5.97 Å². The van der Waals surface area contributed by atoms with Crippen LogP contribution in [0.15, 0.2) is 24.3 Å². The van der Waals surface area contributed by atoms with E-state index in [1.807, 2.05) is 12.1 Å². The van der Waals surface area contributed by atoms with E-state index in [0.29, 0.717) is 23.6 Å². The lowest BCUT2D eigenvalue weighted by molar-refractivity contribution is 0.0526. The Labute approximate surface area is 133 Å². The van der Waals surface area contributed by atoms with Gasteiger partial charge in [0.25, 0.3) is 0 Å². The van der Waals surface area contributed by atoms with Crippen LogP contribution in [0.4, 0.5) is 0 Å². The Morgan fingerprint density at radius 2 is 2.09 bits per heavy atom. The number of esters is 1. The van der Waals surface area contributed by atoms with Gasteiger partial charge in [0.2, 0.25) is 0 Å². The van der Waals surface area contributed by atoms with E-state index in [4.69, 9.17) is 10.5 Å². The molecule has 122 valence electrons. The number of carbonyl (C=O) groups is 1. The molecule has 0 aromatic heterocycles. The van der Waals surface area contributed by atoms with Gasteiger partial charge in [0.1, 0.15) is 0 Å². The van der Waals surface area contributed by atoms with Crippen LogP contribution in [-0.2, 0) is 4.74 Å². The monoisotopic (exact) mass is 304 g/mol. The Morgan fingerprint density at radius 1 is 1.41 bits per heavy atom. The number of rotatable bonds is 8. The molecule has 1 aromatic rings. The van der Waals surface area contributed by atoms with Crippen LogP contribution in [0.2, 0.25) is 0 Å². The molecule has 4 heteroatoms. The van der Waals surface area contributed by atoms with Gasteiger partial charge in [-0.15, -0.1) is 0 Å². The van der Waals surface area contributed by atoms with Crippen molar-refractivity contribution in [3.05, 3.63) is 35.4 Å². The van der Waals surface area contributed by atoms with Crippen LogP contribution in [0.5, 0.6) is 0 Å². The first kappa shape index (κ1) is 17.0. The van der Waals surface area contributed by atoms with E-state index in [1.54, 1.807) is 19.1 Å². The Balaban J connectivity index is 1.85. The lowest BCUT2D eigenvalue weighted by Crippen LogP contribution is -2.22. The first-order valence-electron chi connectivity index (χ1n) is 8.26. The summed E-state index contributed by atoms with van der Waals surface area (Å²) >= 11 is 0. The maximum Gasteiger partial charge on any atom is 0.338 e. The number of nitrogens with two attached hydrogens (primary N) is 1. The molecular formula is C18H28N2O2. The van der Waals surface area contributed by atoms with E-state index >= 15 is 0 Å². The van der Waals surface area contributed by atoms with Crippen molar-refractivity contribution in [3.8, 4) is 0 Å². The van der Waals surface area contributed by atoms with Crippen molar-refractivity contribution in [2.45, 2.75) is 52.1 Å². The highest BCUT2D eigenvalue weighted by Gasteiger charge is 2.48. The molecule has 1 aliphatic rings. The minimum atomic E-state index is -0.276. The Bertz CT molecular complexity index is 500. The van der Waals surface area contributed by atoms with E-state index in [-0.39, 0.29) is 12.0 Å². The van der Waals surface area contributed by atoms with Gasteiger partial charge in [-0.2, -0.15) is 0 Å². The summed E-state index contributed by atoms with van der Waals surface area (Å²) in [5.74, 6) is -0.276. The average Bonchev–Trinajstić information content (AvgIpc) is 3.16. The zero-order valence-electron chi connectivity index (χ0n) is 13.9. The summed E-state index contributed by atoms with van der Waals surface area (Å²) in [7, 11) is 0. The van der Waals surface area contributed by atoms with Crippen molar-refractivity contribution in [1.82, 2.24) is 5.32 Å². The van der Waals surface area contributed by atoms with Crippen LogP contribution in [0.25, 0.3) is 0 Å². The highest BCUT2D eigenvalue weighted by molar-refractivity contribution is 5.89. The Morgan fingerprint density at radius 3 is 2.68 bits per heavy atom. The van der Waals surface area contributed by atoms with Gasteiger partial charge in [-0.25, -0.2) is 4.79 Å². The average molecular weight is 304 g/mol. The standard InChI is InChI=1S/C18H28N2O2/c1-4-20-16-12-18(16,3)11-10-15(19)13-6-8-14(9-7-13)17(21)22-5-2/h6-9,15-16,20H,4-5,10-12,19H2,1-3H3/t15-,16?,18?/m1/s1. The molecule has 2 rings (SSSR count). The summed E-state index contributed by atoms with van der Waals surface area (Å²) < 4.78 is 4.99. The summed E-state index contributed by atoms with van der Waals surface area (Å²) in [5.41, 5.74) is 8.36. The van der Waals surface area contributed by atoms with Crippen molar-refractivity contribution in [2.24, 2.45) is 11.1 Å². The molecule has 0 saturated heterocycles. The summed E-state index contributed by atoms with van der Waals surface area (Å²) in [6, 6.07) is 8.15. The van der Waals surface area contributed by atoms with Crippen LogP contribution < -0.4 is 11.1 Å². The van der Waals surface area contributed by atoms with Gasteiger partial charge in [0.15, 0.2) is 0 Å². The summed E-state index contributed by atoms with van der Waals surface area (Å²) in [6.45, 7) is 7.71. The molecule has 22 heavy (non-hydrogen) atoms. The number of ether oxygens (including phenoxy) is 1. The zero-order chi connectivity index (χ0) is 16.2. The molecule has 0 heterocycles. The Kier molecular flexibility index (Phi) is 5.59. The second kappa shape index (κ2) is 7.25. The molecule has 0 radical (unpaired) electrons. The number of nitrogens with one attached hydrogen (secondary N) is 1. The molecule has 1 saturated carbocycles. The van der Waals surface area contributed by atoms with E-state index in [1.165, 1.54) is 6.42 Å². The maximum atomic E-state index is 11.6. The van der Waals surface area contributed by atoms with Crippen LogP contribution in [0.3, 0.4) is 0 Å². The van der Waals surface area contributed by atoms with Gasteiger partial charge in [-0.3, -0.25) is 0 Å². The summed E-state index contributed by atoms with van der Waals surface area (Å²) in [4.78, 5) is 11.6. The third-order valence-electron chi connectivity index (χ3n) is 4.68. The third-order valence-corrected chi connectivity index (χ3v) is 4.68. The van der Waals surface area contributed by atoms with Crippen molar-refractivity contribution < 1.29 is 9.53 Å². The molecule has 3 N–H and O–H groups in total. The lowest BCUT2D eigenvalue weighted by atomic mass is 9.94. The number of carbonyl (C=O) groups excluding carboxylic acids is 1. The van der Waals surface area contributed by atoms with Gasteiger partial charge in [-0.1, -0.05) is 26.0 Å². The predicted octanol–water partition coefficient (Wildman–Crippen LogP) is 3.03. The normalized spacial score (nSPS) is 24.8. The highest BCUT2D eigenvalue weighted by Crippen LogP contribution is 2.50. The van der Waals surface area contributed by atoms with Crippen molar-refractivity contribution in [1.29, 1.82) is 0 Å². The number of hydrogen-bond donors (Lipinski definition) is 2. The molecule has 3 atom stereocenters. The first-order valence-corrected chi connectivity index (χ1v) is 8.26. The maximum absolute atomic E-state index is 11.6. The third kappa shape index (κ3) is 4.08. The first-order chi connectivity index (χ1) is 10.5. The summed E-state index contributed by atoms with van der Waals surface area (Å²) in [5, 5.41) is 3.51. The van der Waals surface area contributed by atoms with Crippen LogP contribution in [-0.4, -0.2) is 25.2 Å². The Hall–Kier alpha value is -1.39. The van der Waals surface area contributed by atoms with Crippen molar-refractivity contribution in [3.63, 3.8) is 0 Å². The predicted molar refractivity (Wildman–Crippen MR) is 88.7 cm³/mol. The number of hydrogen-bond acceptors (Lipinski definition) is 4.